The van der Waals surface area contributed by atoms with Crippen molar-refractivity contribution in [1.29, 1.82) is 0 Å². The van der Waals surface area contributed by atoms with E-state index in [1.807, 2.05) is 0 Å². The summed E-state index contributed by atoms with van der Waals surface area (Å²) in [6, 6.07) is 4.89. The average molecular weight is 402 g/mol. The Hall–Kier alpha value is -2.86. The predicted molar refractivity (Wildman–Crippen MR) is 88.9 cm³/mol. The van der Waals surface area contributed by atoms with Gasteiger partial charge in [-0.2, -0.15) is 0 Å². The lowest BCUT2D eigenvalue weighted by molar-refractivity contribution is -0.389. The van der Waals surface area contributed by atoms with Gasteiger partial charge in [0.2, 0.25) is 0 Å². The maximum atomic E-state index is 12.3. The average Bonchev–Trinajstić information content (AvgIpc) is 3.04. The lowest BCUT2D eigenvalue weighted by atomic mass is 10.0. The Morgan fingerprint density at radius 3 is 2.75 bits per heavy atom. The van der Waals surface area contributed by atoms with E-state index in [4.69, 9.17) is 4.74 Å². The van der Waals surface area contributed by atoms with Crippen LogP contribution in [0.25, 0.3) is 0 Å². The number of imidazole rings is 1. The number of alkyl halides is 3. The van der Waals surface area contributed by atoms with Gasteiger partial charge < -0.3 is 30.0 Å². The molecule has 152 valence electrons. The molecule has 2 atom stereocenters. The monoisotopic (exact) mass is 402 g/mol. The smallest absolute Gasteiger partial charge is 0.444 e. The molecule has 0 aliphatic carbocycles. The molecule has 3 rings (SSSR count). The van der Waals surface area contributed by atoms with Gasteiger partial charge in [0.25, 0.3) is 0 Å². The number of nitro groups is 1. The zero-order valence-electron chi connectivity index (χ0n) is 14.4. The second-order valence-electron chi connectivity index (χ2n) is 6.15. The number of hydrogen-bond donors (Lipinski definition) is 2. The van der Waals surface area contributed by atoms with Crippen LogP contribution in [0.5, 0.6) is 11.8 Å². The van der Waals surface area contributed by atoms with Crippen molar-refractivity contribution in [3.05, 3.63) is 46.1 Å². The van der Waals surface area contributed by atoms with Crippen molar-refractivity contribution in [2.75, 3.05) is 13.2 Å². The van der Waals surface area contributed by atoms with Crippen molar-refractivity contribution in [3.8, 4) is 11.8 Å². The first-order valence-corrected chi connectivity index (χ1v) is 8.32. The van der Waals surface area contributed by atoms with Crippen molar-refractivity contribution in [2.45, 2.75) is 31.4 Å². The maximum Gasteiger partial charge on any atom is 0.573 e. The zero-order chi connectivity index (χ0) is 20.3. The van der Waals surface area contributed by atoms with E-state index < -0.39 is 11.3 Å². The van der Waals surface area contributed by atoms with E-state index in [-0.39, 0.29) is 42.9 Å². The number of hydrogen-bond acceptors (Lipinski definition) is 7. The minimum absolute atomic E-state index is 0.145. The van der Waals surface area contributed by atoms with Gasteiger partial charge in [-0.25, -0.2) is 0 Å². The van der Waals surface area contributed by atoms with Crippen molar-refractivity contribution in [2.24, 2.45) is 0 Å². The summed E-state index contributed by atoms with van der Waals surface area (Å²) in [7, 11) is 0. The van der Waals surface area contributed by atoms with E-state index in [0.717, 1.165) is 0 Å². The molecule has 1 unspecified atom stereocenters. The molecule has 1 aromatic heterocycles. The topological polar surface area (TPSA) is 112 Å². The van der Waals surface area contributed by atoms with Crippen LogP contribution < -0.4 is 14.8 Å². The third-order valence-corrected chi connectivity index (χ3v) is 4.12. The summed E-state index contributed by atoms with van der Waals surface area (Å²) in [5, 5.41) is 23.4. The van der Waals surface area contributed by atoms with E-state index in [9.17, 15) is 28.4 Å². The molecule has 0 saturated heterocycles. The van der Waals surface area contributed by atoms with E-state index in [1.54, 1.807) is 0 Å². The molecule has 1 aromatic carbocycles. The van der Waals surface area contributed by atoms with Crippen LogP contribution in [-0.4, -0.2) is 45.2 Å². The molecule has 2 heterocycles. The molecular formula is C16H17F3N4O5. The Morgan fingerprint density at radius 1 is 1.43 bits per heavy atom. The summed E-state index contributed by atoms with van der Waals surface area (Å²) >= 11 is 0. The van der Waals surface area contributed by atoms with Crippen LogP contribution in [0, 0.1) is 10.1 Å². The fourth-order valence-corrected chi connectivity index (χ4v) is 2.95. The van der Waals surface area contributed by atoms with Crippen molar-refractivity contribution >= 4 is 5.82 Å². The number of benzene rings is 1. The largest absolute Gasteiger partial charge is 0.573 e. The van der Waals surface area contributed by atoms with Crippen LogP contribution in [0.4, 0.5) is 19.0 Å². The Bertz CT molecular complexity index is 825. The Balaban J connectivity index is 1.68. The molecule has 28 heavy (non-hydrogen) atoms. The number of rotatable bonds is 7. The highest BCUT2D eigenvalue weighted by atomic mass is 19.4. The highest BCUT2D eigenvalue weighted by molar-refractivity contribution is 5.29. The molecule has 1 aliphatic rings. The molecular weight excluding hydrogens is 385 g/mol. The van der Waals surface area contributed by atoms with Gasteiger partial charge >= 0.3 is 18.2 Å². The molecule has 0 amide bonds. The van der Waals surface area contributed by atoms with E-state index in [1.165, 1.54) is 35.0 Å². The van der Waals surface area contributed by atoms with E-state index >= 15 is 0 Å². The first-order chi connectivity index (χ1) is 13.2. The van der Waals surface area contributed by atoms with Crippen molar-refractivity contribution in [3.63, 3.8) is 0 Å². The molecule has 2 N–H and O–H groups in total. The summed E-state index contributed by atoms with van der Waals surface area (Å²) in [6.07, 6.45) is -3.19. The van der Waals surface area contributed by atoms with Gasteiger partial charge in [-0.05, 0) is 29.0 Å². The van der Waals surface area contributed by atoms with Crippen LogP contribution in [0.3, 0.4) is 0 Å². The Morgan fingerprint density at radius 2 is 2.14 bits per heavy atom. The van der Waals surface area contributed by atoms with E-state index in [0.29, 0.717) is 18.5 Å². The fourth-order valence-electron chi connectivity index (χ4n) is 2.95. The molecule has 9 nitrogen and oxygen atoms in total. The zero-order valence-corrected chi connectivity index (χ0v) is 14.4. The minimum atomic E-state index is -4.77. The highest BCUT2D eigenvalue weighted by Crippen LogP contribution is 2.27. The Kier molecular flexibility index (Phi) is 5.70. The number of aliphatic hydroxyl groups is 1. The second kappa shape index (κ2) is 8.02. The third kappa shape index (κ3) is 4.89. The molecule has 12 heteroatoms. The lowest BCUT2D eigenvalue weighted by Crippen LogP contribution is -2.43. The summed E-state index contributed by atoms with van der Waals surface area (Å²) < 4.78 is 47.6. The number of fused-ring (bicyclic) bond motifs is 1. The summed E-state index contributed by atoms with van der Waals surface area (Å²) in [6.45, 7) is 0.409. The number of nitrogens with one attached hydrogen (secondary N) is 1. The summed E-state index contributed by atoms with van der Waals surface area (Å²) in [4.78, 5) is 14.0. The quantitative estimate of drug-likeness (QED) is 0.539. The molecule has 0 spiro atoms. The van der Waals surface area contributed by atoms with Crippen LogP contribution in [0.2, 0.25) is 0 Å². The molecule has 0 radical (unpaired) electrons. The van der Waals surface area contributed by atoms with Gasteiger partial charge in [-0.15, -0.1) is 13.2 Å². The van der Waals surface area contributed by atoms with Gasteiger partial charge in [0, 0.05) is 24.2 Å². The fraction of sp³-hybridized carbons (Fsp3) is 0.438. The first-order valence-electron chi connectivity index (χ1n) is 8.32. The van der Waals surface area contributed by atoms with Gasteiger partial charge in [0.05, 0.1) is 6.04 Å². The summed E-state index contributed by atoms with van der Waals surface area (Å²) in [5.41, 5.74) is 0.658. The SMILES string of the molecule is O=[N+]([O-])c1cn2c(n1)OC[C@@H](NC(CCO)c1ccc(OC(F)(F)F)cc1)C2. The van der Waals surface area contributed by atoms with Gasteiger partial charge in [-0.1, -0.05) is 12.1 Å². The van der Waals surface area contributed by atoms with Crippen molar-refractivity contribution in [1.82, 2.24) is 14.9 Å². The number of aromatic nitrogens is 2. The Labute approximate surface area is 156 Å². The molecule has 0 saturated carbocycles. The maximum absolute atomic E-state index is 12.3. The van der Waals surface area contributed by atoms with E-state index in [2.05, 4.69) is 15.0 Å². The molecule has 2 aromatic rings. The normalized spacial score (nSPS) is 17.5. The number of halogens is 3. The number of nitrogens with zero attached hydrogens (tertiary/aromatic N) is 3. The van der Waals surface area contributed by atoms with Gasteiger partial charge in [-0.3, -0.25) is 4.57 Å². The minimum Gasteiger partial charge on any atom is -0.444 e. The molecule has 0 bridgehead atoms. The van der Waals surface area contributed by atoms with Crippen LogP contribution in [0.15, 0.2) is 30.5 Å². The standard InChI is InChI=1S/C16H17F3N4O5/c17-16(18,19)28-12-3-1-10(2-4-12)13(5-6-24)20-11-7-22-8-14(23(25)26)21-15(22)27-9-11/h1-4,8,11,13,20,24H,5-7,9H2/t11-,13?/m0/s1. The van der Waals surface area contributed by atoms with Gasteiger partial charge in [0.15, 0.2) is 0 Å². The van der Waals surface area contributed by atoms with Gasteiger partial charge in [0.1, 0.15) is 18.6 Å². The molecule has 1 aliphatic heterocycles. The lowest BCUT2D eigenvalue weighted by Gasteiger charge is -2.28. The predicted octanol–water partition coefficient (Wildman–Crippen LogP) is 2.16. The number of ether oxygens (including phenoxy) is 2. The van der Waals surface area contributed by atoms with Crippen molar-refractivity contribution < 1.29 is 32.7 Å². The first kappa shape index (κ1) is 19.9. The third-order valence-electron chi connectivity index (χ3n) is 4.12. The molecule has 0 fully saturated rings. The summed E-state index contributed by atoms with van der Waals surface area (Å²) in [5.74, 6) is -0.654. The highest BCUT2D eigenvalue weighted by Gasteiger charge is 2.31. The van der Waals surface area contributed by atoms with Crippen LogP contribution in [0.1, 0.15) is 18.0 Å². The second-order valence-corrected chi connectivity index (χ2v) is 6.15. The van der Waals surface area contributed by atoms with Crippen LogP contribution >= 0.6 is 0 Å². The van der Waals surface area contributed by atoms with Crippen LogP contribution in [-0.2, 0) is 6.54 Å². The number of aliphatic hydroxyl groups excluding tert-OH is 1.